The number of carbonyl (C=O) groups excluding carboxylic acids is 1. The van der Waals surface area contributed by atoms with E-state index in [9.17, 15) is 4.79 Å². The number of benzene rings is 1. The van der Waals surface area contributed by atoms with Crippen molar-refractivity contribution in [2.45, 2.75) is 19.4 Å². The molecule has 0 spiro atoms. The highest BCUT2D eigenvalue weighted by molar-refractivity contribution is 5.83. The monoisotopic (exact) mass is 236 g/mol. The number of nitrogens with two attached hydrogens (primary N) is 1. The smallest absolute Gasteiger partial charge is 0.244 e. The van der Waals surface area contributed by atoms with Gasteiger partial charge in [0.05, 0.1) is 0 Å². The molecule has 0 aliphatic carbocycles. The molecule has 17 heavy (non-hydrogen) atoms. The molecule has 3 N–H and O–H groups in total. The van der Waals surface area contributed by atoms with Gasteiger partial charge in [0.15, 0.2) is 0 Å². The van der Waals surface area contributed by atoms with Crippen LogP contribution in [0.15, 0.2) is 30.3 Å². The van der Waals surface area contributed by atoms with Gasteiger partial charge in [-0.15, -0.1) is 0 Å². The van der Waals surface area contributed by atoms with Gasteiger partial charge >= 0.3 is 0 Å². The fraction of sp³-hybridized carbons (Fsp3) is 0.462. The lowest BCUT2D eigenvalue weighted by Gasteiger charge is -2.24. The molecule has 4 heteroatoms. The summed E-state index contributed by atoms with van der Waals surface area (Å²) in [4.78, 5) is 13.8. The van der Waals surface area contributed by atoms with Crippen LogP contribution < -0.4 is 5.73 Å². The van der Waals surface area contributed by atoms with Crippen molar-refractivity contribution in [1.82, 2.24) is 4.90 Å². The van der Waals surface area contributed by atoms with Crippen molar-refractivity contribution in [3.8, 4) is 0 Å². The summed E-state index contributed by atoms with van der Waals surface area (Å²) >= 11 is 0. The number of aliphatic hydroxyl groups is 1. The molecule has 1 amide bonds. The molecule has 0 unspecified atom stereocenters. The van der Waals surface area contributed by atoms with E-state index in [0.717, 1.165) is 5.56 Å². The van der Waals surface area contributed by atoms with Crippen LogP contribution in [0.1, 0.15) is 24.9 Å². The lowest BCUT2D eigenvalue weighted by molar-refractivity contribution is -0.132. The third kappa shape index (κ3) is 3.84. The van der Waals surface area contributed by atoms with Crippen LogP contribution in [-0.2, 0) is 4.79 Å². The lowest BCUT2D eigenvalue weighted by atomic mass is 10.1. The SMILES string of the molecule is CCN(CCCO)C(=O)[C@@H](N)c1ccccc1. The molecule has 0 aromatic heterocycles. The third-order valence-electron chi connectivity index (χ3n) is 2.70. The molecule has 1 rings (SSSR count). The van der Waals surface area contributed by atoms with Crippen LogP contribution in [0.25, 0.3) is 0 Å². The minimum absolute atomic E-state index is 0.0877. The van der Waals surface area contributed by atoms with Gasteiger partial charge in [0.25, 0.3) is 0 Å². The topological polar surface area (TPSA) is 66.6 Å². The molecule has 0 bridgehead atoms. The highest BCUT2D eigenvalue weighted by atomic mass is 16.3. The fourth-order valence-electron chi connectivity index (χ4n) is 1.69. The van der Waals surface area contributed by atoms with Crippen molar-refractivity contribution < 1.29 is 9.90 Å². The van der Waals surface area contributed by atoms with Crippen LogP contribution in [0.4, 0.5) is 0 Å². The van der Waals surface area contributed by atoms with E-state index in [-0.39, 0.29) is 12.5 Å². The zero-order valence-corrected chi connectivity index (χ0v) is 10.2. The van der Waals surface area contributed by atoms with Gasteiger partial charge in [-0.3, -0.25) is 4.79 Å². The second kappa shape index (κ2) is 7.04. The number of amides is 1. The van der Waals surface area contributed by atoms with Gasteiger partial charge in [-0.05, 0) is 18.9 Å². The number of hydrogen-bond donors (Lipinski definition) is 2. The number of carbonyl (C=O) groups is 1. The van der Waals surface area contributed by atoms with Crippen LogP contribution in [0.2, 0.25) is 0 Å². The summed E-state index contributed by atoms with van der Waals surface area (Å²) in [7, 11) is 0. The first-order valence-corrected chi connectivity index (χ1v) is 5.90. The van der Waals surface area contributed by atoms with E-state index in [2.05, 4.69) is 0 Å². The summed E-state index contributed by atoms with van der Waals surface area (Å²) in [6, 6.07) is 8.71. The average Bonchev–Trinajstić information content (AvgIpc) is 2.39. The summed E-state index contributed by atoms with van der Waals surface area (Å²) in [5.74, 6) is -0.0906. The summed E-state index contributed by atoms with van der Waals surface area (Å²) in [5.41, 5.74) is 6.75. The van der Waals surface area contributed by atoms with Crippen LogP contribution in [0, 0.1) is 0 Å². The van der Waals surface area contributed by atoms with Crippen LogP contribution in [-0.4, -0.2) is 35.6 Å². The van der Waals surface area contributed by atoms with Crippen molar-refractivity contribution in [1.29, 1.82) is 0 Å². The molecule has 0 saturated carbocycles. The Bertz CT molecular complexity index is 341. The number of hydrogen-bond acceptors (Lipinski definition) is 3. The van der Waals surface area contributed by atoms with Crippen LogP contribution in [0.5, 0.6) is 0 Å². The maximum atomic E-state index is 12.1. The van der Waals surface area contributed by atoms with Gasteiger partial charge in [0.1, 0.15) is 6.04 Å². The Hall–Kier alpha value is -1.39. The zero-order valence-electron chi connectivity index (χ0n) is 10.2. The fourth-order valence-corrected chi connectivity index (χ4v) is 1.69. The van der Waals surface area contributed by atoms with Gasteiger partial charge in [-0.1, -0.05) is 30.3 Å². The van der Waals surface area contributed by atoms with Crippen molar-refractivity contribution in [3.63, 3.8) is 0 Å². The van der Waals surface area contributed by atoms with E-state index in [1.165, 1.54) is 0 Å². The standard InChI is InChI=1S/C13H20N2O2/c1-2-15(9-6-10-16)13(17)12(14)11-7-4-3-5-8-11/h3-5,7-8,12,16H,2,6,9-10,14H2,1H3/t12-/m0/s1. The van der Waals surface area contributed by atoms with Crippen molar-refractivity contribution >= 4 is 5.91 Å². The molecule has 0 heterocycles. The maximum absolute atomic E-state index is 12.1. The third-order valence-corrected chi connectivity index (χ3v) is 2.70. The minimum atomic E-state index is -0.616. The quantitative estimate of drug-likeness (QED) is 0.771. The molecule has 0 fully saturated rings. The molecule has 1 aromatic rings. The molecular formula is C13H20N2O2. The Balaban J connectivity index is 2.67. The highest BCUT2D eigenvalue weighted by Crippen LogP contribution is 2.12. The predicted molar refractivity (Wildman–Crippen MR) is 67.3 cm³/mol. The summed E-state index contributed by atoms with van der Waals surface area (Å²) in [6.07, 6.45) is 0.584. The van der Waals surface area contributed by atoms with Crippen molar-refractivity contribution in [2.75, 3.05) is 19.7 Å². The first kappa shape index (κ1) is 13.7. The van der Waals surface area contributed by atoms with Crippen LogP contribution in [0.3, 0.4) is 0 Å². The predicted octanol–water partition coefficient (Wildman–Crippen LogP) is 0.917. The summed E-state index contributed by atoms with van der Waals surface area (Å²) in [5, 5.41) is 8.78. The van der Waals surface area contributed by atoms with Crippen molar-refractivity contribution in [2.24, 2.45) is 5.73 Å². The van der Waals surface area contributed by atoms with Gasteiger partial charge in [0.2, 0.25) is 5.91 Å². The van der Waals surface area contributed by atoms with E-state index in [1.54, 1.807) is 4.90 Å². The van der Waals surface area contributed by atoms with E-state index < -0.39 is 6.04 Å². The molecule has 0 radical (unpaired) electrons. The first-order valence-electron chi connectivity index (χ1n) is 5.90. The molecule has 4 nitrogen and oxygen atoms in total. The Kier molecular flexibility index (Phi) is 5.66. The molecule has 0 aliphatic rings. The Morgan fingerprint density at radius 3 is 2.59 bits per heavy atom. The summed E-state index contributed by atoms with van der Waals surface area (Å²) in [6.45, 7) is 3.16. The maximum Gasteiger partial charge on any atom is 0.244 e. The lowest BCUT2D eigenvalue weighted by Crippen LogP contribution is -2.39. The number of rotatable bonds is 6. The van der Waals surface area contributed by atoms with Crippen LogP contribution >= 0.6 is 0 Å². The largest absolute Gasteiger partial charge is 0.396 e. The van der Waals surface area contributed by atoms with Gasteiger partial charge < -0.3 is 15.7 Å². The second-order valence-electron chi connectivity index (χ2n) is 3.88. The van der Waals surface area contributed by atoms with Gasteiger partial charge in [-0.25, -0.2) is 0 Å². The molecule has 0 saturated heterocycles. The Morgan fingerprint density at radius 1 is 1.41 bits per heavy atom. The molecule has 1 aromatic carbocycles. The molecule has 0 aliphatic heterocycles. The second-order valence-corrected chi connectivity index (χ2v) is 3.88. The highest BCUT2D eigenvalue weighted by Gasteiger charge is 2.20. The Morgan fingerprint density at radius 2 is 2.06 bits per heavy atom. The number of aliphatic hydroxyl groups excluding tert-OH is 1. The first-order chi connectivity index (χ1) is 8.20. The Labute approximate surface area is 102 Å². The normalized spacial score (nSPS) is 12.2. The number of nitrogens with zero attached hydrogens (tertiary/aromatic N) is 1. The zero-order chi connectivity index (χ0) is 12.7. The molecule has 1 atom stereocenters. The van der Waals surface area contributed by atoms with E-state index in [0.29, 0.717) is 19.5 Å². The summed E-state index contributed by atoms with van der Waals surface area (Å²) < 4.78 is 0. The molecule has 94 valence electrons. The van der Waals surface area contributed by atoms with Gasteiger partial charge in [-0.2, -0.15) is 0 Å². The van der Waals surface area contributed by atoms with E-state index >= 15 is 0 Å². The number of likely N-dealkylation sites (N-methyl/N-ethyl adjacent to an activating group) is 1. The van der Waals surface area contributed by atoms with E-state index in [1.807, 2.05) is 37.3 Å². The van der Waals surface area contributed by atoms with Crippen molar-refractivity contribution in [3.05, 3.63) is 35.9 Å². The molecular weight excluding hydrogens is 216 g/mol. The minimum Gasteiger partial charge on any atom is -0.396 e. The van der Waals surface area contributed by atoms with E-state index in [4.69, 9.17) is 10.8 Å². The van der Waals surface area contributed by atoms with Gasteiger partial charge in [0, 0.05) is 19.7 Å². The average molecular weight is 236 g/mol.